The van der Waals surface area contributed by atoms with Crippen LogP contribution in [0.25, 0.3) is 10.8 Å². The number of rotatable bonds is 1. The molecule has 0 aromatic heterocycles. The van der Waals surface area contributed by atoms with Crippen LogP contribution in [0.4, 0.5) is 0 Å². The Kier molecular flexibility index (Phi) is 3.09. The van der Waals surface area contributed by atoms with Crippen LogP contribution in [0.2, 0.25) is 0 Å². The lowest BCUT2D eigenvalue weighted by atomic mass is 9.79. The quantitative estimate of drug-likeness (QED) is 0.795. The van der Waals surface area contributed by atoms with Crippen LogP contribution in [0, 0.1) is 6.92 Å². The van der Waals surface area contributed by atoms with Gasteiger partial charge in [-0.15, -0.1) is 0 Å². The Hall–Kier alpha value is -1.34. The van der Waals surface area contributed by atoms with Crippen molar-refractivity contribution in [2.24, 2.45) is 5.73 Å². The van der Waals surface area contributed by atoms with Gasteiger partial charge in [0.15, 0.2) is 0 Å². The third-order valence-electron chi connectivity index (χ3n) is 4.33. The summed E-state index contributed by atoms with van der Waals surface area (Å²) in [5.41, 5.74) is 9.01. The van der Waals surface area contributed by atoms with E-state index < -0.39 is 0 Å². The second-order valence-corrected chi connectivity index (χ2v) is 5.64. The van der Waals surface area contributed by atoms with E-state index >= 15 is 0 Å². The first kappa shape index (κ1) is 11.7. The summed E-state index contributed by atoms with van der Waals surface area (Å²) in [6, 6.07) is 13.7. The van der Waals surface area contributed by atoms with Crippen molar-refractivity contribution in [3.63, 3.8) is 0 Å². The molecule has 0 radical (unpaired) electrons. The lowest BCUT2D eigenvalue weighted by molar-refractivity contribution is 0.395. The molecule has 2 N–H and O–H groups in total. The molecule has 0 heterocycles. The summed E-state index contributed by atoms with van der Waals surface area (Å²) in [4.78, 5) is 0. The van der Waals surface area contributed by atoms with Gasteiger partial charge in [0, 0.05) is 6.04 Å². The summed E-state index contributed by atoms with van der Waals surface area (Å²) in [5, 5.41) is 2.82. The third-order valence-corrected chi connectivity index (χ3v) is 4.33. The first-order valence-electron chi connectivity index (χ1n) is 6.99. The maximum Gasteiger partial charge on any atom is 0.00446 e. The largest absolute Gasteiger partial charge is 0.328 e. The Morgan fingerprint density at radius 1 is 1.00 bits per heavy atom. The Morgan fingerprint density at radius 3 is 2.56 bits per heavy atom. The van der Waals surface area contributed by atoms with Gasteiger partial charge in [-0.25, -0.2) is 0 Å². The molecule has 0 amide bonds. The highest BCUT2D eigenvalue weighted by Gasteiger charge is 2.22. The van der Waals surface area contributed by atoms with Crippen LogP contribution < -0.4 is 5.73 Å². The molecule has 2 aromatic rings. The molecule has 0 saturated heterocycles. The number of hydrogen-bond acceptors (Lipinski definition) is 1. The third kappa shape index (κ3) is 2.04. The number of benzene rings is 2. The summed E-state index contributed by atoms with van der Waals surface area (Å²) in [7, 11) is 0. The van der Waals surface area contributed by atoms with Crippen molar-refractivity contribution in [2.75, 3.05) is 0 Å². The van der Waals surface area contributed by atoms with E-state index in [4.69, 9.17) is 5.73 Å². The summed E-state index contributed by atoms with van der Waals surface area (Å²) in [6.07, 6.45) is 4.90. The highest BCUT2D eigenvalue weighted by molar-refractivity contribution is 5.89. The predicted octanol–water partition coefficient (Wildman–Crippen LogP) is 4.13. The normalized spacial score (nSPS) is 24.3. The summed E-state index contributed by atoms with van der Waals surface area (Å²) >= 11 is 0. The van der Waals surface area contributed by atoms with Crippen LogP contribution >= 0.6 is 0 Å². The minimum atomic E-state index is 0.392. The van der Waals surface area contributed by atoms with Gasteiger partial charge in [-0.1, -0.05) is 42.8 Å². The molecule has 1 saturated carbocycles. The average molecular weight is 239 g/mol. The van der Waals surface area contributed by atoms with Crippen molar-refractivity contribution in [1.29, 1.82) is 0 Å². The molecular weight excluding hydrogens is 218 g/mol. The second kappa shape index (κ2) is 4.74. The van der Waals surface area contributed by atoms with Crippen molar-refractivity contribution < 1.29 is 0 Å². The standard InChI is InChI=1S/C17H21N/c1-12-9-10-16(13-5-4-6-14(18)11-13)17-8-3-2-7-15(12)17/h2-3,7-10,13-14H,4-6,11,18H2,1H3. The predicted molar refractivity (Wildman–Crippen MR) is 77.9 cm³/mol. The van der Waals surface area contributed by atoms with E-state index in [1.807, 2.05) is 0 Å². The first-order chi connectivity index (χ1) is 8.75. The fraction of sp³-hybridized carbons (Fsp3) is 0.412. The second-order valence-electron chi connectivity index (χ2n) is 5.64. The van der Waals surface area contributed by atoms with Gasteiger partial charge < -0.3 is 5.73 Å². The van der Waals surface area contributed by atoms with E-state index in [1.54, 1.807) is 0 Å². The molecule has 1 heteroatoms. The number of nitrogens with two attached hydrogens (primary N) is 1. The molecule has 1 fully saturated rings. The molecule has 94 valence electrons. The molecule has 3 rings (SSSR count). The molecular formula is C17H21N. The van der Waals surface area contributed by atoms with Crippen LogP contribution in [-0.4, -0.2) is 6.04 Å². The lowest BCUT2D eigenvalue weighted by Crippen LogP contribution is -2.26. The Labute approximate surface area is 109 Å². The van der Waals surface area contributed by atoms with Gasteiger partial charge in [0.05, 0.1) is 0 Å². The van der Waals surface area contributed by atoms with Crippen molar-refractivity contribution in [3.05, 3.63) is 47.5 Å². The average Bonchev–Trinajstić information content (AvgIpc) is 2.39. The Balaban J connectivity index is 2.09. The highest BCUT2D eigenvalue weighted by atomic mass is 14.6. The van der Waals surface area contributed by atoms with Crippen molar-refractivity contribution >= 4 is 10.8 Å². The van der Waals surface area contributed by atoms with Gasteiger partial charge >= 0.3 is 0 Å². The van der Waals surface area contributed by atoms with E-state index in [9.17, 15) is 0 Å². The molecule has 2 atom stereocenters. The molecule has 0 aliphatic heterocycles. The van der Waals surface area contributed by atoms with E-state index in [1.165, 1.54) is 41.2 Å². The minimum absolute atomic E-state index is 0.392. The lowest BCUT2D eigenvalue weighted by Gasteiger charge is -2.28. The molecule has 1 aliphatic carbocycles. The van der Waals surface area contributed by atoms with Crippen LogP contribution in [0.3, 0.4) is 0 Å². The van der Waals surface area contributed by atoms with Crippen LogP contribution in [0.1, 0.15) is 42.7 Å². The first-order valence-corrected chi connectivity index (χ1v) is 6.99. The zero-order valence-corrected chi connectivity index (χ0v) is 11.0. The van der Waals surface area contributed by atoms with Crippen LogP contribution in [-0.2, 0) is 0 Å². The van der Waals surface area contributed by atoms with E-state index in [0.717, 1.165) is 6.42 Å². The summed E-state index contributed by atoms with van der Waals surface area (Å²) < 4.78 is 0. The Bertz CT molecular complexity index is 559. The van der Waals surface area contributed by atoms with E-state index in [-0.39, 0.29) is 0 Å². The number of hydrogen-bond donors (Lipinski definition) is 1. The van der Waals surface area contributed by atoms with E-state index in [2.05, 4.69) is 43.3 Å². The Morgan fingerprint density at radius 2 is 1.78 bits per heavy atom. The zero-order chi connectivity index (χ0) is 12.5. The zero-order valence-electron chi connectivity index (χ0n) is 11.0. The van der Waals surface area contributed by atoms with Gasteiger partial charge in [-0.05, 0) is 54.0 Å². The maximum atomic E-state index is 6.14. The fourth-order valence-corrected chi connectivity index (χ4v) is 3.34. The molecule has 2 unspecified atom stereocenters. The van der Waals surface area contributed by atoms with Crippen molar-refractivity contribution in [1.82, 2.24) is 0 Å². The van der Waals surface area contributed by atoms with Gasteiger partial charge in [0.1, 0.15) is 0 Å². The maximum absolute atomic E-state index is 6.14. The fourth-order valence-electron chi connectivity index (χ4n) is 3.34. The molecule has 1 aliphatic rings. The minimum Gasteiger partial charge on any atom is -0.328 e. The molecule has 18 heavy (non-hydrogen) atoms. The topological polar surface area (TPSA) is 26.0 Å². The smallest absolute Gasteiger partial charge is 0.00446 e. The van der Waals surface area contributed by atoms with Crippen LogP contribution in [0.15, 0.2) is 36.4 Å². The molecule has 0 bridgehead atoms. The number of fused-ring (bicyclic) bond motifs is 1. The SMILES string of the molecule is Cc1ccc(C2CCCC(N)C2)c2ccccc12. The van der Waals surface area contributed by atoms with E-state index in [0.29, 0.717) is 12.0 Å². The molecule has 1 nitrogen and oxygen atoms in total. The summed E-state index contributed by atoms with van der Waals surface area (Å²) in [5.74, 6) is 0.652. The number of aryl methyl sites for hydroxylation is 1. The molecule has 2 aromatic carbocycles. The molecule has 0 spiro atoms. The monoisotopic (exact) mass is 239 g/mol. The summed E-state index contributed by atoms with van der Waals surface area (Å²) in [6.45, 7) is 2.19. The van der Waals surface area contributed by atoms with Crippen molar-refractivity contribution in [2.45, 2.75) is 44.6 Å². The van der Waals surface area contributed by atoms with Gasteiger partial charge in [-0.2, -0.15) is 0 Å². The van der Waals surface area contributed by atoms with Crippen LogP contribution in [0.5, 0.6) is 0 Å². The van der Waals surface area contributed by atoms with Gasteiger partial charge in [0.2, 0.25) is 0 Å². The highest BCUT2D eigenvalue weighted by Crippen LogP contribution is 2.36. The van der Waals surface area contributed by atoms with Crippen molar-refractivity contribution in [3.8, 4) is 0 Å². The van der Waals surface area contributed by atoms with Gasteiger partial charge in [0.25, 0.3) is 0 Å². The van der Waals surface area contributed by atoms with Gasteiger partial charge in [-0.3, -0.25) is 0 Å².